The Kier molecular flexibility index (Phi) is 7.20. The molecule has 0 amide bonds. The molecule has 0 spiro atoms. The molecule has 3 nitrogen and oxygen atoms in total. The van der Waals surface area contributed by atoms with Crippen LogP contribution < -0.4 is 5.32 Å². The molecule has 0 saturated carbocycles. The van der Waals surface area contributed by atoms with E-state index >= 15 is 0 Å². The van der Waals surface area contributed by atoms with Crippen molar-refractivity contribution >= 4 is 0 Å². The molecule has 114 valence electrons. The third-order valence-corrected chi connectivity index (χ3v) is 3.78. The van der Waals surface area contributed by atoms with Crippen LogP contribution in [0.1, 0.15) is 32.8 Å². The van der Waals surface area contributed by atoms with Gasteiger partial charge in [-0.15, -0.1) is 0 Å². The molecule has 0 aromatic heterocycles. The van der Waals surface area contributed by atoms with E-state index in [1.54, 1.807) is 0 Å². The van der Waals surface area contributed by atoms with Crippen molar-refractivity contribution in [1.29, 1.82) is 0 Å². The van der Waals surface area contributed by atoms with Crippen LogP contribution in [0.2, 0.25) is 0 Å². The fraction of sp³-hybridized carbons (Fsp3) is 0.647. The average Bonchev–Trinajstić information content (AvgIpc) is 2.44. The minimum atomic E-state index is -0.228. The molecule has 0 aliphatic carbocycles. The summed E-state index contributed by atoms with van der Waals surface area (Å²) in [5.41, 5.74) is 1.45. The molecule has 1 aromatic rings. The summed E-state index contributed by atoms with van der Waals surface area (Å²) in [6, 6.07) is 10.7. The van der Waals surface area contributed by atoms with E-state index in [-0.39, 0.29) is 11.5 Å². The van der Waals surface area contributed by atoms with Crippen molar-refractivity contribution in [2.45, 2.75) is 38.7 Å². The maximum Gasteiger partial charge on any atom is 0.0524 e. The van der Waals surface area contributed by atoms with Crippen LogP contribution in [0.15, 0.2) is 30.3 Å². The average molecular weight is 278 g/mol. The second kappa shape index (κ2) is 8.40. The van der Waals surface area contributed by atoms with Gasteiger partial charge >= 0.3 is 0 Å². The van der Waals surface area contributed by atoms with Gasteiger partial charge in [-0.05, 0) is 32.5 Å². The number of aliphatic hydroxyl groups is 1. The molecular weight excluding hydrogens is 248 g/mol. The first-order chi connectivity index (χ1) is 9.48. The van der Waals surface area contributed by atoms with Gasteiger partial charge in [0.1, 0.15) is 0 Å². The van der Waals surface area contributed by atoms with E-state index in [0.717, 1.165) is 32.6 Å². The van der Waals surface area contributed by atoms with Crippen LogP contribution in [0.25, 0.3) is 0 Å². The summed E-state index contributed by atoms with van der Waals surface area (Å²) in [5, 5.41) is 12.9. The largest absolute Gasteiger partial charge is 0.393 e. The molecule has 3 heteroatoms. The van der Waals surface area contributed by atoms with Crippen LogP contribution in [0.4, 0.5) is 0 Å². The van der Waals surface area contributed by atoms with E-state index in [1.807, 2.05) is 6.92 Å². The van der Waals surface area contributed by atoms with Crippen molar-refractivity contribution in [3.8, 4) is 0 Å². The summed E-state index contributed by atoms with van der Waals surface area (Å²) in [4.78, 5) is 2.32. The fourth-order valence-corrected chi connectivity index (χ4v) is 2.57. The minimum absolute atomic E-state index is 0.0880. The van der Waals surface area contributed by atoms with Crippen molar-refractivity contribution in [2.24, 2.45) is 0 Å². The molecule has 0 aliphatic heterocycles. The molecule has 1 aromatic carbocycles. The maximum atomic E-state index is 9.42. The van der Waals surface area contributed by atoms with Gasteiger partial charge in [-0.3, -0.25) is 0 Å². The molecule has 0 radical (unpaired) electrons. The van der Waals surface area contributed by atoms with E-state index in [2.05, 4.69) is 61.4 Å². The summed E-state index contributed by atoms with van der Waals surface area (Å²) in [7, 11) is 2.13. The van der Waals surface area contributed by atoms with E-state index in [1.165, 1.54) is 5.56 Å². The Morgan fingerprint density at radius 1 is 1.30 bits per heavy atom. The normalized spacial score (nSPS) is 16.1. The first-order valence-corrected chi connectivity index (χ1v) is 7.61. The maximum absolute atomic E-state index is 9.42. The molecule has 20 heavy (non-hydrogen) atoms. The molecule has 2 atom stereocenters. The first-order valence-electron chi connectivity index (χ1n) is 7.61. The second-order valence-corrected chi connectivity index (χ2v) is 6.08. The van der Waals surface area contributed by atoms with E-state index in [0.29, 0.717) is 0 Å². The summed E-state index contributed by atoms with van der Waals surface area (Å²) in [6.07, 6.45) is 0.594. The molecule has 0 fully saturated rings. The van der Waals surface area contributed by atoms with Gasteiger partial charge in [0.2, 0.25) is 0 Å². The Bertz CT molecular complexity index is 367. The van der Waals surface area contributed by atoms with Gasteiger partial charge in [-0.25, -0.2) is 0 Å². The highest BCUT2D eigenvalue weighted by Gasteiger charge is 2.27. The molecular formula is C17H30N2O. The summed E-state index contributed by atoms with van der Waals surface area (Å²) < 4.78 is 0. The predicted molar refractivity (Wildman–Crippen MR) is 86.1 cm³/mol. The summed E-state index contributed by atoms with van der Waals surface area (Å²) in [5.74, 6) is 0. The lowest BCUT2D eigenvalue weighted by Gasteiger charge is -2.35. The Morgan fingerprint density at radius 3 is 2.50 bits per heavy atom. The zero-order valence-electron chi connectivity index (χ0n) is 13.4. The van der Waals surface area contributed by atoms with Crippen LogP contribution in [-0.4, -0.2) is 49.3 Å². The van der Waals surface area contributed by atoms with E-state index < -0.39 is 0 Å². The zero-order valence-corrected chi connectivity index (χ0v) is 13.4. The summed E-state index contributed by atoms with van der Waals surface area (Å²) in [6.45, 7) is 10.2. The van der Waals surface area contributed by atoms with E-state index in [4.69, 9.17) is 0 Å². The van der Waals surface area contributed by atoms with Gasteiger partial charge in [0.25, 0.3) is 0 Å². The van der Waals surface area contributed by atoms with Gasteiger partial charge in [0.05, 0.1) is 6.10 Å². The van der Waals surface area contributed by atoms with Gasteiger partial charge in [-0.2, -0.15) is 0 Å². The highest BCUT2D eigenvalue weighted by molar-refractivity contribution is 5.25. The molecule has 2 N–H and O–H groups in total. The smallest absolute Gasteiger partial charge is 0.0524 e. The van der Waals surface area contributed by atoms with Gasteiger partial charge < -0.3 is 15.3 Å². The Balaban J connectivity index is 2.73. The number of hydrogen-bond donors (Lipinski definition) is 2. The lowest BCUT2D eigenvalue weighted by atomic mass is 9.81. The van der Waals surface area contributed by atoms with Gasteiger partial charge in [0, 0.05) is 25.0 Å². The third-order valence-electron chi connectivity index (χ3n) is 3.78. The highest BCUT2D eigenvalue weighted by atomic mass is 16.3. The standard InChI is InChI=1S/C17H30N2O/c1-5-18-13-17(3,16-9-7-6-8-10-16)14-19(4)12-11-15(2)20/h6-10,15,18,20H,5,11-14H2,1-4H3. The molecule has 0 bridgehead atoms. The quantitative estimate of drug-likeness (QED) is 0.727. The van der Waals surface area contributed by atoms with Gasteiger partial charge in [0.15, 0.2) is 0 Å². The van der Waals surface area contributed by atoms with E-state index in [9.17, 15) is 5.11 Å². The van der Waals surface area contributed by atoms with Crippen molar-refractivity contribution < 1.29 is 5.11 Å². The lowest BCUT2D eigenvalue weighted by Crippen LogP contribution is -2.44. The van der Waals surface area contributed by atoms with Crippen LogP contribution in [0.3, 0.4) is 0 Å². The van der Waals surface area contributed by atoms with Crippen molar-refractivity contribution in [1.82, 2.24) is 10.2 Å². The Labute approximate surface area is 124 Å². The number of aliphatic hydroxyl groups excluding tert-OH is 1. The number of rotatable bonds is 9. The Hall–Kier alpha value is -0.900. The predicted octanol–water partition coefficient (Wildman–Crippen LogP) is 2.26. The van der Waals surface area contributed by atoms with Crippen molar-refractivity contribution in [3.63, 3.8) is 0 Å². The lowest BCUT2D eigenvalue weighted by molar-refractivity contribution is 0.155. The first kappa shape index (κ1) is 17.2. The van der Waals surface area contributed by atoms with Crippen LogP contribution in [0.5, 0.6) is 0 Å². The van der Waals surface area contributed by atoms with Gasteiger partial charge in [-0.1, -0.05) is 44.2 Å². The summed E-state index contributed by atoms with van der Waals surface area (Å²) >= 11 is 0. The number of benzene rings is 1. The number of hydrogen-bond acceptors (Lipinski definition) is 3. The monoisotopic (exact) mass is 278 g/mol. The van der Waals surface area contributed by atoms with Crippen LogP contribution in [0, 0.1) is 0 Å². The van der Waals surface area contributed by atoms with Crippen molar-refractivity contribution in [2.75, 3.05) is 33.2 Å². The van der Waals surface area contributed by atoms with Crippen molar-refractivity contribution in [3.05, 3.63) is 35.9 Å². The SMILES string of the molecule is CCNCC(C)(CN(C)CCC(C)O)c1ccccc1. The zero-order chi connectivity index (χ0) is 15.0. The molecule has 1 rings (SSSR count). The number of nitrogens with zero attached hydrogens (tertiary/aromatic N) is 1. The molecule has 0 saturated heterocycles. The molecule has 0 aliphatic rings. The fourth-order valence-electron chi connectivity index (χ4n) is 2.57. The Morgan fingerprint density at radius 2 is 1.95 bits per heavy atom. The highest BCUT2D eigenvalue weighted by Crippen LogP contribution is 2.24. The number of likely N-dealkylation sites (N-methyl/N-ethyl adjacent to an activating group) is 2. The number of nitrogens with one attached hydrogen (secondary N) is 1. The topological polar surface area (TPSA) is 35.5 Å². The molecule has 2 unspecified atom stereocenters. The van der Waals surface area contributed by atoms with Crippen LogP contribution >= 0.6 is 0 Å². The van der Waals surface area contributed by atoms with Crippen LogP contribution in [-0.2, 0) is 5.41 Å². The minimum Gasteiger partial charge on any atom is -0.393 e. The second-order valence-electron chi connectivity index (χ2n) is 6.08. The molecule has 0 heterocycles. The third kappa shape index (κ3) is 5.61.